The highest BCUT2D eigenvalue weighted by molar-refractivity contribution is 7.93. The van der Waals surface area contributed by atoms with Crippen molar-refractivity contribution >= 4 is 15.7 Å². The maximum absolute atomic E-state index is 14.5. The Hall–Kier alpha value is -1.71. The molecular formula is C17H25FN2O5S. The van der Waals surface area contributed by atoms with Crippen molar-refractivity contribution in [2.24, 2.45) is 0 Å². The topological polar surface area (TPSA) is 109 Å². The third-order valence-corrected chi connectivity index (χ3v) is 7.50. The van der Waals surface area contributed by atoms with E-state index in [-0.39, 0.29) is 31.0 Å². The van der Waals surface area contributed by atoms with E-state index in [1.54, 1.807) is 0 Å². The van der Waals surface area contributed by atoms with Crippen LogP contribution >= 0.6 is 0 Å². The molecule has 1 saturated heterocycles. The van der Waals surface area contributed by atoms with Crippen molar-refractivity contribution in [3.63, 3.8) is 0 Å². The highest BCUT2D eigenvalue weighted by Gasteiger charge is 2.46. The van der Waals surface area contributed by atoms with Crippen molar-refractivity contribution in [1.82, 2.24) is 5.32 Å². The Morgan fingerprint density at radius 1 is 1.46 bits per heavy atom. The van der Waals surface area contributed by atoms with Crippen LogP contribution in [0, 0.1) is 11.2 Å². The molecule has 2 rings (SSSR count). The predicted molar refractivity (Wildman–Crippen MR) is 95.9 cm³/mol. The zero-order valence-corrected chi connectivity index (χ0v) is 15.9. The van der Waals surface area contributed by atoms with Crippen LogP contribution in [-0.4, -0.2) is 57.1 Å². The van der Waals surface area contributed by atoms with Gasteiger partial charge in [-0.05, 0) is 38.5 Å². The van der Waals surface area contributed by atoms with Gasteiger partial charge in [0.2, 0.25) is 0 Å². The van der Waals surface area contributed by atoms with E-state index in [4.69, 9.17) is 14.9 Å². The minimum Gasteiger partial charge on any atom is -0.497 e. The average molecular weight is 388 g/mol. The molecule has 0 radical (unpaired) electrons. The summed E-state index contributed by atoms with van der Waals surface area (Å²) in [5.74, 6) is -0.554. The molecule has 0 aliphatic carbocycles. The van der Waals surface area contributed by atoms with Gasteiger partial charge in [-0.15, -0.1) is 0 Å². The summed E-state index contributed by atoms with van der Waals surface area (Å²) in [7, 11) is -2.66. The summed E-state index contributed by atoms with van der Waals surface area (Å²) in [4.78, 5) is 0. The zero-order valence-electron chi connectivity index (χ0n) is 15.1. The number of hydrogen-bond acceptors (Lipinski definition) is 6. The number of amidine groups is 1. The number of aliphatic hydroxyl groups excluding tert-OH is 1. The first kappa shape index (κ1) is 20.6. The lowest BCUT2D eigenvalue weighted by molar-refractivity contribution is 0.00984. The molecule has 3 N–H and O–H groups in total. The first-order valence-corrected chi connectivity index (χ1v) is 9.82. The van der Waals surface area contributed by atoms with Crippen molar-refractivity contribution in [3.8, 4) is 5.75 Å². The highest BCUT2D eigenvalue weighted by atomic mass is 32.2. The maximum atomic E-state index is 14.5. The Labute approximate surface area is 152 Å². The number of ether oxygens (including phenoxy) is 2. The lowest BCUT2D eigenvalue weighted by atomic mass is 10.0. The molecule has 1 heterocycles. The monoisotopic (exact) mass is 388 g/mol. The molecule has 7 nitrogen and oxygen atoms in total. The van der Waals surface area contributed by atoms with Gasteiger partial charge in [0.25, 0.3) is 0 Å². The van der Waals surface area contributed by atoms with E-state index < -0.39 is 38.4 Å². The molecule has 2 atom stereocenters. The molecule has 0 amide bonds. The third kappa shape index (κ3) is 3.84. The fraction of sp³-hybridized carbons (Fsp3) is 0.588. The van der Waals surface area contributed by atoms with E-state index in [1.807, 2.05) is 0 Å². The summed E-state index contributed by atoms with van der Waals surface area (Å²) >= 11 is 0. The smallest absolute Gasteiger partial charge is 0.169 e. The molecule has 0 bridgehead atoms. The van der Waals surface area contributed by atoms with Gasteiger partial charge in [-0.25, -0.2) is 12.8 Å². The van der Waals surface area contributed by atoms with Gasteiger partial charge in [-0.2, -0.15) is 0 Å². The average Bonchev–Trinajstić information content (AvgIpc) is 2.60. The van der Waals surface area contributed by atoms with Crippen molar-refractivity contribution in [2.75, 3.05) is 26.9 Å². The molecule has 0 unspecified atom stereocenters. The first-order chi connectivity index (χ1) is 12.1. The molecule has 0 saturated carbocycles. The second-order valence-electron chi connectivity index (χ2n) is 6.64. The molecule has 9 heteroatoms. The number of rotatable bonds is 3. The van der Waals surface area contributed by atoms with E-state index in [2.05, 4.69) is 5.32 Å². The lowest BCUT2D eigenvalue weighted by Gasteiger charge is -2.34. The minimum atomic E-state index is -4.07. The van der Waals surface area contributed by atoms with E-state index in [9.17, 15) is 17.9 Å². The number of hydrogen-bond donors (Lipinski definition) is 3. The number of nitrogens with one attached hydrogen (secondary N) is 2. The fourth-order valence-corrected chi connectivity index (χ4v) is 4.91. The minimum absolute atomic E-state index is 0.0622. The van der Waals surface area contributed by atoms with Crippen molar-refractivity contribution in [2.45, 2.75) is 36.4 Å². The van der Waals surface area contributed by atoms with Crippen LogP contribution in [0.15, 0.2) is 18.2 Å². The molecule has 26 heavy (non-hydrogen) atoms. The van der Waals surface area contributed by atoms with Gasteiger partial charge in [-0.1, -0.05) is 0 Å². The molecule has 1 fully saturated rings. The van der Waals surface area contributed by atoms with Crippen LogP contribution in [0.2, 0.25) is 0 Å². The molecule has 1 aliphatic rings. The largest absolute Gasteiger partial charge is 0.497 e. The van der Waals surface area contributed by atoms with Gasteiger partial charge in [0.05, 0.1) is 31.7 Å². The van der Waals surface area contributed by atoms with E-state index >= 15 is 0 Å². The van der Waals surface area contributed by atoms with Crippen molar-refractivity contribution in [1.29, 1.82) is 5.41 Å². The predicted octanol–water partition coefficient (Wildman–Crippen LogP) is 1.42. The Bertz CT molecular complexity index is 766. The molecule has 146 valence electrons. The second-order valence-corrected chi connectivity index (χ2v) is 9.32. The standard InChI is InChI=1S/C17H25FN2O5S/c1-17(2)16(19)20-6-7-25-12(10-21)9-15(26(17,22)23)13-8-11(24-3)4-5-14(13)18/h4-5,8,12,15,21H,6-7,9-10H2,1-3H3,(H2,19,20)/t12-,15-/m1/s1. The van der Waals surface area contributed by atoms with Crippen LogP contribution in [0.1, 0.15) is 31.1 Å². The molecule has 0 spiro atoms. The van der Waals surface area contributed by atoms with Gasteiger partial charge in [0, 0.05) is 12.1 Å². The summed E-state index contributed by atoms with van der Waals surface area (Å²) in [6, 6.07) is 3.89. The third-order valence-electron chi connectivity index (χ3n) is 4.68. The molecule has 0 aromatic heterocycles. The van der Waals surface area contributed by atoms with Gasteiger partial charge in [-0.3, -0.25) is 5.41 Å². The maximum Gasteiger partial charge on any atom is 0.169 e. The van der Waals surface area contributed by atoms with Crippen LogP contribution in [0.4, 0.5) is 4.39 Å². The normalized spacial score (nSPS) is 26.0. The van der Waals surface area contributed by atoms with Gasteiger partial charge in [0.15, 0.2) is 9.84 Å². The fourth-order valence-electron chi connectivity index (χ4n) is 2.86. The van der Waals surface area contributed by atoms with Crippen LogP contribution in [0.5, 0.6) is 5.75 Å². The van der Waals surface area contributed by atoms with E-state index in [0.29, 0.717) is 5.75 Å². The summed E-state index contributed by atoms with van der Waals surface area (Å²) < 4.78 is 50.3. The van der Waals surface area contributed by atoms with Crippen molar-refractivity contribution < 1.29 is 27.4 Å². The Morgan fingerprint density at radius 2 is 2.15 bits per heavy atom. The van der Waals surface area contributed by atoms with Crippen LogP contribution in [0.25, 0.3) is 0 Å². The molecule has 1 aromatic rings. The number of halogens is 1. The summed E-state index contributed by atoms with van der Waals surface area (Å²) in [5.41, 5.74) is -0.0622. The first-order valence-electron chi connectivity index (χ1n) is 8.27. The van der Waals surface area contributed by atoms with Gasteiger partial charge < -0.3 is 19.9 Å². The van der Waals surface area contributed by atoms with E-state index in [1.165, 1.54) is 33.1 Å². The summed E-state index contributed by atoms with van der Waals surface area (Å²) in [6.07, 6.45) is -0.898. The molecule has 1 aliphatic heterocycles. The lowest BCUT2D eigenvalue weighted by Crippen LogP contribution is -2.51. The summed E-state index contributed by atoms with van der Waals surface area (Å²) in [6.45, 7) is 2.87. The second kappa shape index (κ2) is 7.89. The van der Waals surface area contributed by atoms with Crippen LogP contribution in [-0.2, 0) is 14.6 Å². The van der Waals surface area contributed by atoms with Gasteiger partial charge in [0.1, 0.15) is 22.1 Å². The number of methoxy groups -OCH3 is 1. The molecule has 1 aromatic carbocycles. The Kier molecular flexibility index (Phi) is 6.25. The van der Waals surface area contributed by atoms with Gasteiger partial charge >= 0.3 is 0 Å². The number of aliphatic hydroxyl groups is 1. The Morgan fingerprint density at radius 3 is 2.77 bits per heavy atom. The molecular weight excluding hydrogens is 363 g/mol. The van der Waals surface area contributed by atoms with Crippen LogP contribution < -0.4 is 10.1 Å². The number of sulfone groups is 1. The highest BCUT2D eigenvalue weighted by Crippen LogP contribution is 2.39. The van der Waals surface area contributed by atoms with Crippen LogP contribution in [0.3, 0.4) is 0 Å². The number of benzene rings is 1. The van der Waals surface area contributed by atoms with E-state index in [0.717, 1.165) is 6.07 Å². The Balaban J connectivity index is 2.63. The summed E-state index contributed by atoms with van der Waals surface area (Å²) in [5, 5.41) is 19.1. The SMILES string of the molecule is COc1ccc(F)c([C@H]2C[C@H](CO)OCCNC(=N)C(C)(C)S2(=O)=O)c1. The zero-order chi connectivity index (χ0) is 19.5. The quantitative estimate of drug-likeness (QED) is 0.723. The van der Waals surface area contributed by atoms with Crippen molar-refractivity contribution in [3.05, 3.63) is 29.6 Å².